The van der Waals surface area contributed by atoms with E-state index in [9.17, 15) is 9.59 Å². The summed E-state index contributed by atoms with van der Waals surface area (Å²) in [6.07, 6.45) is 3.25. The highest BCUT2D eigenvalue weighted by Crippen LogP contribution is 2.14. The number of hydrogen-bond acceptors (Lipinski definition) is 4. The van der Waals surface area contributed by atoms with Gasteiger partial charge >= 0.3 is 5.97 Å². The van der Waals surface area contributed by atoms with Crippen molar-refractivity contribution in [3.63, 3.8) is 0 Å². The van der Waals surface area contributed by atoms with E-state index >= 15 is 0 Å². The van der Waals surface area contributed by atoms with Gasteiger partial charge in [-0.05, 0) is 23.8 Å². The fourth-order valence-corrected chi connectivity index (χ4v) is 1.58. The van der Waals surface area contributed by atoms with Crippen molar-refractivity contribution in [2.24, 2.45) is 0 Å². The minimum absolute atomic E-state index is 0.186. The smallest absolute Gasteiger partial charge is 0.371 e. The van der Waals surface area contributed by atoms with E-state index in [2.05, 4.69) is 0 Å². The first-order chi connectivity index (χ1) is 9.58. The molecule has 5 heteroatoms. The van der Waals surface area contributed by atoms with Crippen molar-refractivity contribution >= 4 is 18.1 Å². The summed E-state index contributed by atoms with van der Waals surface area (Å²) in [5.74, 6) is -0.735. The van der Waals surface area contributed by atoms with Crippen molar-refractivity contribution < 1.29 is 19.1 Å². The lowest BCUT2D eigenvalue weighted by Gasteiger charge is -1.99. The number of ether oxygens (including phenoxy) is 1. The molecule has 1 N–H and O–H groups in total. The molecule has 0 unspecified atom stereocenters. The average molecular weight is 272 g/mol. The number of carboxylic acid groups (broad SMARTS) is 1. The molecule has 1 aromatic carbocycles. The van der Waals surface area contributed by atoms with Gasteiger partial charge in [0.15, 0.2) is 5.43 Å². The second-order valence-electron chi connectivity index (χ2n) is 3.97. The van der Waals surface area contributed by atoms with Crippen LogP contribution >= 0.6 is 0 Å². The van der Waals surface area contributed by atoms with Crippen LogP contribution in [0.4, 0.5) is 0 Å². The molecule has 0 saturated carbocycles. The molecule has 5 nitrogen and oxygen atoms in total. The van der Waals surface area contributed by atoms with Gasteiger partial charge in [0.25, 0.3) is 0 Å². The van der Waals surface area contributed by atoms with Crippen molar-refractivity contribution in [3.8, 4) is 5.75 Å². The molecule has 0 aliphatic heterocycles. The molecule has 1 aromatic heterocycles. The number of hydrogen-bond donors (Lipinski definition) is 1. The highest BCUT2D eigenvalue weighted by molar-refractivity contribution is 5.84. The second kappa shape index (κ2) is 5.88. The number of carbonyl (C=O) groups is 1. The van der Waals surface area contributed by atoms with E-state index in [1.807, 2.05) is 12.1 Å². The third-order valence-corrected chi connectivity index (χ3v) is 2.55. The summed E-state index contributed by atoms with van der Waals surface area (Å²) in [5, 5.41) is 8.81. The zero-order valence-electron chi connectivity index (χ0n) is 10.7. The molecule has 2 rings (SSSR count). The molecule has 102 valence electrons. The molecule has 0 bridgehead atoms. The normalized spacial score (nSPS) is 10.7. The van der Waals surface area contributed by atoms with E-state index < -0.39 is 11.4 Å². The fourth-order valence-electron chi connectivity index (χ4n) is 1.58. The second-order valence-corrected chi connectivity index (χ2v) is 3.97. The summed E-state index contributed by atoms with van der Waals surface area (Å²) in [5.41, 5.74) is 0.456. The maximum atomic E-state index is 11.3. The monoisotopic (exact) mass is 272 g/mol. The molecule has 2 aromatic rings. The van der Waals surface area contributed by atoms with E-state index in [0.717, 1.165) is 17.4 Å². The van der Waals surface area contributed by atoms with E-state index in [1.165, 1.54) is 12.1 Å². The minimum atomic E-state index is -1.28. The molecule has 0 fully saturated rings. The zero-order chi connectivity index (χ0) is 14.5. The lowest BCUT2D eigenvalue weighted by Crippen LogP contribution is -2.05. The van der Waals surface area contributed by atoms with E-state index in [-0.39, 0.29) is 11.5 Å². The van der Waals surface area contributed by atoms with E-state index in [0.29, 0.717) is 0 Å². The van der Waals surface area contributed by atoms with Gasteiger partial charge in [-0.2, -0.15) is 0 Å². The SMILES string of the molecule is COc1ccc(C=Cc2cc(=O)cc(C(=O)O)o2)cc1. The van der Waals surface area contributed by atoms with Crippen LogP contribution in [0.15, 0.2) is 45.6 Å². The zero-order valence-corrected chi connectivity index (χ0v) is 10.7. The summed E-state index contributed by atoms with van der Waals surface area (Å²) in [4.78, 5) is 22.1. The molecular weight excluding hydrogens is 260 g/mol. The Kier molecular flexibility index (Phi) is 4.00. The molecule has 1 heterocycles. The first-order valence-electron chi connectivity index (χ1n) is 5.79. The van der Waals surface area contributed by atoms with Crippen LogP contribution in [0.2, 0.25) is 0 Å². The van der Waals surface area contributed by atoms with Gasteiger partial charge in [0, 0.05) is 12.1 Å². The molecule has 0 atom stereocenters. The summed E-state index contributed by atoms with van der Waals surface area (Å²) in [6, 6.07) is 9.41. The topological polar surface area (TPSA) is 76.7 Å². The number of rotatable bonds is 4. The Morgan fingerprint density at radius 3 is 2.50 bits per heavy atom. The number of methoxy groups -OCH3 is 1. The van der Waals surface area contributed by atoms with Crippen molar-refractivity contribution in [2.75, 3.05) is 7.11 Å². The minimum Gasteiger partial charge on any atom is -0.497 e. The lowest BCUT2D eigenvalue weighted by atomic mass is 10.2. The Balaban J connectivity index is 2.26. The molecule has 20 heavy (non-hydrogen) atoms. The van der Waals surface area contributed by atoms with E-state index in [4.69, 9.17) is 14.3 Å². The van der Waals surface area contributed by atoms with Crippen LogP contribution in [0.25, 0.3) is 12.2 Å². The fraction of sp³-hybridized carbons (Fsp3) is 0.0667. The Bertz CT molecular complexity index is 695. The van der Waals surface area contributed by atoms with Gasteiger partial charge in [0.1, 0.15) is 11.5 Å². The molecule has 0 amide bonds. The Labute approximate surface area is 114 Å². The Morgan fingerprint density at radius 2 is 1.90 bits per heavy atom. The highest BCUT2D eigenvalue weighted by Gasteiger charge is 2.07. The lowest BCUT2D eigenvalue weighted by molar-refractivity contribution is 0.0659. The summed E-state index contributed by atoms with van der Waals surface area (Å²) >= 11 is 0. The molecule has 0 radical (unpaired) electrons. The maximum Gasteiger partial charge on any atom is 0.371 e. The van der Waals surface area contributed by atoms with Gasteiger partial charge in [0.05, 0.1) is 7.11 Å². The summed E-state index contributed by atoms with van der Waals surface area (Å²) in [7, 11) is 1.58. The van der Waals surface area contributed by atoms with Crippen LogP contribution in [0.5, 0.6) is 5.75 Å². The predicted octanol–water partition coefficient (Wildman–Crippen LogP) is 2.52. The van der Waals surface area contributed by atoms with Gasteiger partial charge in [-0.3, -0.25) is 4.79 Å². The van der Waals surface area contributed by atoms with Gasteiger partial charge < -0.3 is 14.3 Å². The predicted molar refractivity (Wildman–Crippen MR) is 73.9 cm³/mol. The van der Waals surface area contributed by atoms with Gasteiger partial charge in [0.2, 0.25) is 5.76 Å². The Morgan fingerprint density at radius 1 is 1.20 bits per heavy atom. The molecule has 0 saturated heterocycles. The van der Waals surface area contributed by atoms with Crippen molar-refractivity contribution in [2.45, 2.75) is 0 Å². The maximum absolute atomic E-state index is 11.3. The van der Waals surface area contributed by atoms with Gasteiger partial charge in [-0.15, -0.1) is 0 Å². The molecule has 0 spiro atoms. The summed E-state index contributed by atoms with van der Waals surface area (Å²) in [6.45, 7) is 0. The van der Waals surface area contributed by atoms with Crippen LogP contribution in [0, 0.1) is 0 Å². The van der Waals surface area contributed by atoms with Crippen LogP contribution in [0.3, 0.4) is 0 Å². The van der Waals surface area contributed by atoms with Gasteiger partial charge in [-0.1, -0.05) is 18.2 Å². The Hall–Kier alpha value is -2.82. The van der Waals surface area contributed by atoms with E-state index in [1.54, 1.807) is 25.3 Å². The third-order valence-electron chi connectivity index (χ3n) is 2.55. The number of aromatic carboxylic acids is 1. The van der Waals surface area contributed by atoms with Crippen molar-refractivity contribution in [1.29, 1.82) is 0 Å². The standard InChI is InChI=1S/C15H12O5/c1-19-12-5-2-10(3-6-12)4-7-13-8-11(16)9-14(20-13)15(17)18/h2-9H,1H3,(H,17,18). The molecule has 0 aliphatic rings. The van der Waals surface area contributed by atoms with Crippen molar-refractivity contribution in [1.82, 2.24) is 0 Å². The number of benzene rings is 1. The largest absolute Gasteiger partial charge is 0.497 e. The number of carboxylic acids is 1. The molecular formula is C15H12O5. The van der Waals surface area contributed by atoms with Crippen LogP contribution in [-0.4, -0.2) is 18.2 Å². The average Bonchev–Trinajstić information content (AvgIpc) is 2.45. The third kappa shape index (κ3) is 3.35. The highest BCUT2D eigenvalue weighted by atomic mass is 16.5. The molecule has 0 aliphatic carbocycles. The van der Waals surface area contributed by atoms with Crippen LogP contribution < -0.4 is 10.2 Å². The van der Waals surface area contributed by atoms with Gasteiger partial charge in [-0.25, -0.2) is 4.79 Å². The quantitative estimate of drug-likeness (QED) is 0.925. The van der Waals surface area contributed by atoms with Crippen molar-refractivity contribution in [3.05, 3.63) is 63.7 Å². The van der Waals surface area contributed by atoms with Crippen LogP contribution in [0.1, 0.15) is 21.9 Å². The van der Waals surface area contributed by atoms with Crippen LogP contribution in [-0.2, 0) is 0 Å². The first-order valence-corrected chi connectivity index (χ1v) is 5.79. The summed E-state index contributed by atoms with van der Waals surface area (Å²) < 4.78 is 10.1. The first kappa shape index (κ1) is 13.6.